The van der Waals surface area contributed by atoms with E-state index in [9.17, 15) is 5.41 Å². The topological polar surface area (TPSA) is 45.4 Å². The van der Waals surface area contributed by atoms with Crippen molar-refractivity contribution in [1.29, 1.82) is 5.41 Å². The van der Waals surface area contributed by atoms with E-state index < -0.39 is 5.82 Å². The molecule has 1 aromatic rings. The van der Waals surface area contributed by atoms with Gasteiger partial charge in [-0.1, -0.05) is 44.6 Å². The molecule has 3 nitrogen and oxygen atoms in total. The quantitative estimate of drug-likeness (QED) is 0.176. The number of aliphatic imine (C=N–C) groups is 1. The van der Waals surface area contributed by atoms with Crippen LogP contribution in [0, 0.1) is 16.6 Å². The van der Waals surface area contributed by atoms with Gasteiger partial charge < -0.3 is 4.74 Å². The van der Waals surface area contributed by atoms with E-state index in [1.165, 1.54) is 12.8 Å². The summed E-state index contributed by atoms with van der Waals surface area (Å²) >= 11 is 0. The highest BCUT2D eigenvalue weighted by atomic mass is 19.1. The minimum Gasteiger partial charge on any atom is -0.480 e. The molecule has 1 aromatic carbocycles. The Kier molecular flexibility index (Phi) is 10.7. The van der Waals surface area contributed by atoms with Gasteiger partial charge in [0.25, 0.3) is 0 Å². The Labute approximate surface area is 231 Å². The minimum absolute atomic E-state index is 0.206. The second kappa shape index (κ2) is 12.9. The largest absolute Gasteiger partial charge is 0.480 e. The predicted molar refractivity (Wildman–Crippen MR) is 164 cm³/mol. The highest BCUT2D eigenvalue weighted by Gasteiger charge is 2.41. The molecule has 0 aliphatic heterocycles. The van der Waals surface area contributed by atoms with Crippen LogP contribution in [0.3, 0.4) is 0 Å². The van der Waals surface area contributed by atoms with Gasteiger partial charge in [0.15, 0.2) is 11.7 Å². The van der Waals surface area contributed by atoms with Gasteiger partial charge in [-0.3, -0.25) is 5.41 Å². The smallest absolute Gasteiger partial charge is 0.185 e. The first kappa shape index (κ1) is 31.5. The first-order valence-corrected chi connectivity index (χ1v) is 14.1. The van der Waals surface area contributed by atoms with E-state index in [4.69, 9.17) is 9.73 Å². The summed E-state index contributed by atoms with van der Waals surface area (Å²) in [5.41, 5.74) is 9.34. The van der Waals surface area contributed by atoms with Crippen molar-refractivity contribution in [2.45, 2.75) is 108 Å². The first-order valence-electron chi connectivity index (χ1n) is 14.1. The van der Waals surface area contributed by atoms with Crippen molar-refractivity contribution in [1.82, 2.24) is 0 Å². The fraction of sp³-hybridized carbons (Fsp3) is 0.529. The maximum Gasteiger partial charge on any atom is 0.185 e. The molecule has 1 aliphatic rings. The molecule has 0 atom stereocenters. The molecule has 1 saturated carbocycles. The van der Waals surface area contributed by atoms with Gasteiger partial charge >= 0.3 is 0 Å². The fourth-order valence-corrected chi connectivity index (χ4v) is 5.08. The van der Waals surface area contributed by atoms with Crippen LogP contribution in [0.2, 0.25) is 0 Å². The highest BCUT2D eigenvalue weighted by molar-refractivity contribution is 6.16. The SMILES string of the molecule is C=C(C)c1c(CC)c(CC)c(C(=N)/C(C(C)=C(C)C)=C(C)\C(C)=C/C)c(F)c1N=C(C)OCC1(CC)CC1. The van der Waals surface area contributed by atoms with Crippen molar-refractivity contribution in [3.05, 3.63) is 68.6 Å². The zero-order valence-corrected chi connectivity index (χ0v) is 25.8. The van der Waals surface area contributed by atoms with Crippen molar-refractivity contribution >= 4 is 22.9 Å². The number of nitrogens with one attached hydrogen (secondary N) is 1. The first-order chi connectivity index (χ1) is 17.8. The Morgan fingerprint density at radius 3 is 1.95 bits per heavy atom. The molecule has 0 spiro atoms. The van der Waals surface area contributed by atoms with Crippen molar-refractivity contribution < 1.29 is 9.13 Å². The molecule has 4 heteroatoms. The fourth-order valence-electron chi connectivity index (χ4n) is 5.08. The number of hydrogen-bond acceptors (Lipinski definition) is 3. The second-order valence-corrected chi connectivity index (χ2v) is 11.1. The van der Waals surface area contributed by atoms with Crippen LogP contribution in [0.4, 0.5) is 10.1 Å². The van der Waals surface area contributed by atoms with E-state index >= 15 is 4.39 Å². The van der Waals surface area contributed by atoms with Gasteiger partial charge in [0.1, 0.15) is 5.69 Å². The summed E-state index contributed by atoms with van der Waals surface area (Å²) in [6, 6.07) is 0. The van der Waals surface area contributed by atoms with Crippen LogP contribution < -0.4 is 0 Å². The van der Waals surface area contributed by atoms with E-state index in [1.54, 1.807) is 6.92 Å². The van der Waals surface area contributed by atoms with Gasteiger partial charge in [0.2, 0.25) is 0 Å². The lowest BCUT2D eigenvalue weighted by atomic mass is 9.81. The number of benzene rings is 1. The molecule has 1 aliphatic carbocycles. The van der Waals surface area contributed by atoms with Gasteiger partial charge in [0, 0.05) is 29.0 Å². The number of ether oxygens (including phenoxy) is 1. The predicted octanol–water partition coefficient (Wildman–Crippen LogP) is 10.2. The summed E-state index contributed by atoms with van der Waals surface area (Å²) in [5, 5.41) is 9.46. The van der Waals surface area contributed by atoms with Crippen molar-refractivity contribution in [2.75, 3.05) is 6.61 Å². The average molecular weight is 521 g/mol. The summed E-state index contributed by atoms with van der Waals surface area (Å²) in [6.45, 7) is 27.0. The van der Waals surface area contributed by atoms with Crippen LogP contribution in [0.15, 0.2) is 45.5 Å². The lowest BCUT2D eigenvalue weighted by Gasteiger charge is -2.24. The third-order valence-electron chi connectivity index (χ3n) is 8.35. The molecule has 0 aromatic heterocycles. The third kappa shape index (κ3) is 6.45. The molecule has 0 amide bonds. The molecule has 208 valence electrons. The van der Waals surface area contributed by atoms with Gasteiger partial charge in [0.05, 0.1) is 12.3 Å². The molecule has 0 unspecified atom stereocenters. The van der Waals surface area contributed by atoms with Gasteiger partial charge in [-0.25, -0.2) is 9.38 Å². The Hall–Kier alpha value is -2.75. The number of allylic oxidation sites excluding steroid dienone is 7. The molecule has 0 heterocycles. The third-order valence-corrected chi connectivity index (χ3v) is 8.35. The Morgan fingerprint density at radius 1 is 0.974 bits per heavy atom. The lowest BCUT2D eigenvalue weighted by Crippen LogP contribution is -2.17. The molecule has 38 heavy (non-hydrogen) atoms. The second-order valence-electron chi connectivity index (χ2n) is 11.1. The van der Waals surface area contributed by atoms with Gasteiger partial charge in [-0.2, -0.15) is 0 Å². The molecule has 0 radical (unpaired) electrons. The molecule has 0 saturated heterocycles. The summed E-state index contributed by atoms with van der Waals surface area (Å²) in [7, 11) is 0. The van der Waals surface area contributed by atoms with E-state index in [-0.39, 0.29) is 16.8 Å². The van der Waals surface area contributed by atoms with Crippen LogP contribution in [0.5, 0.6) is 0 Å². The molecule has 2 rings (SSSR count). The Balaban J connectivity index is 2.92. The van der Waals surface area contributed by atoms with Gasteiger partial charge in [-0.15, -0.1) is 0 Å². The molecular weight excluding hydrogens is 471 g/mol. The van der Waals surface area contributed by atoms with Gasteiger partial charge in [-0.05, 0) is 108 Å². The average Bonchev–Trinajstić information content (AvgIpc) is 3.67. The molecule has 1 fully saturated rings. The molecule has 0 bridgehead atoms. The van der Waals surface area contributed by atoms with Crippen molar-refractivity contribution in [3.8, 4) is 0 Å². The highest BCUT2D eigenvalue weighted by Crippen LogP contribution is 2.49. The Bertz CT molecular complexity index is 1230. The summed E-state index contributed by atoms with van der Waals surface area (Å²) in [6.07, 6.45) is 6.75. The zero-order chi connectivity index (χ0) is 28.9. The molecule has 1 N–H and O–H groups in total. The van der Waals surface area contributed by atoms with Crippen LogP contribution in [-0.4, -0.2) is 18.2 Å². The van der Waals surface area contributed by atoms with E-state index in [0.29, 0.717) is 30.9 Å². The number of rotatable bonds is 11. The monoisotopic (exact) mass is 520 g/mol. The van der Waals surface area contributed by atoms with Crippen LogP contribution in [0.25, 0.3) is 5.57 Å². The van der Waals surface area contributed by atoms with E-state index in [1.807, 2.05) is 61.5 Å². The lowest BCUT2D eigenvalue weighted by molar-refractivity contribution is 0.217. The van der Waals surface area contributed by atoms with Crippen LogP contribution in [-0.2, 0) is 17.6 Å². The van der Waals surface area contributed by atoms with E-state index in [0.717, 1.165) is 56.5 Å². The summed E-state index contributed by atoms with van der Waals surface area (Å²) in [4.78, 5) is 4.73. The van der Waals surface area contributed by atoms with E-state index in [2.05, 4.69) is 20.4 Å². The standard InChI is InChI=1S/C34H49FN2O/c1-13-22(9)24(11)29(23(10)20(5)6)32(36)30-27(15-3)26(14-2)28(21(7)8)33(31(30)35)37-25(12)38-19-34(16-4)17-18-34/h13,36H,7,14-19H2,1-6,8-12H3/b22-13-,29-24-,36-32?,37-25?. The number of hydrogen-bond donors (Lipinski definition) is 1. The normalized spacial score (nSPS) is 15.7. The summed E-state index contributed by atoms with van der Waals surface area (Å²) < 4.78 is 22.9. The van der Waals surface area contributed by atoms with Crippen LogP contribution in [0.1, 0.15) is 118 Å². The van der Waals surface area contributed by atoms with Crippen molar-refractivity contribution in [3.63, 3.8) is 0 Å². The zero-order valence-electron chi connectivity index (χ0n) is 25.8. The summed E-state index contributed by atoms with van der Waals surface area (Å²) in [5.74, 6) is -0.0151. The maximum absolute atomic E-state index is 16.8. The number of nitrogens with zero attached hydrogens (tertiary/aromatic N) is 1. The minimum atomic E-state index is -0.466. The maximum atomic E-state index is 16.8. The number of halogens is 1. The van der Waals surface area contributed by atoms with Crippen molar-refractivity contribution in [2.24, 2.45) is 10.4 Å². The Morgan fingerprint density at radius 2 is 1.53 bits per heavy atom. The molecular formula is C34H49FN2O. The van der Waals surface area contributed by atoms with Crippen LogP contribution >= 0.6 is 0 Å².